The first kappa shape index (κ1) is 20.6. The van der Waals surface area contributed by atoms with Gasteiger partial charge in [0.2, 0.25) is 5.91 Å². The van der Waals surface area contributed by atoms with E-state index in [1.807, 2.05) is 38.1 Å². The first-order valence-electron chi connectivity index (χ1n) is 10.1. The maximum absolute atomic E-state index is 13.8. The molecule has 2 aromatic carbocycles. The van der Waals surface area contributed by atoms with Crippen molar-refractivity contribution in [2.24, 2.45) is 0 Å². The minimum Gasteiger partial charge on any atom is -0.322 e. The van der Waals surface area contributed by atoms with Gasteiger partial charge in [0.1, 0.15) is 23.7 Å². The second kappa shape index (κ2) is 7.66. The van der Waals surface area contributed by atoms with Crippen molar-refractivity contribution in [2.75, 3.05) is 5.32 Å². The number of nitrogens with one attached hydrogen (secondary N) is 1. The summed E-state index contributed by atoms with van der Waals surface area (Å²) in [7, 11) is 0. The third kappa shape index (κ3) is 3.65. The quantitative estimate of drug-likeness (QED) is 0.457. The van der Waals surface area contributed by atoms with Crippen LogP contribution in [0, 0.1) is 25.5 Å². The third-order valence-electron chi connectivity index (χ3n) is 5.36. The fourth-order valence-electron chi connectivity index (χ4n) is 3.70. The van der Waals surface area contributed by atoms with E-state index in [0.29, 0.717) is 11.2 Å². The van der Waals surface area contributed by atoms with Crippen LogP contribution in [0.1, 0.15) is 11.1 Å². The number of benzene rings is 2. The van der Waals surface area contributed by atoms with Crippen molar-refractivity contribution < 1.29 is 13.6 Å². The van der Waals surface area contributed by atoms with E-state index in [0.717, 1.165) is 45.3 Å². The molecule has 0 aliphatic carbocycles. The molecule has 0 saturated heterocycles. The average Bonchev–Trinajstić information content (AvgIpc) is 3.34. The lowest BCUT2D eigenvalue weighted by molar-refractivity contribution is -0.117. The zero-order valence-corrected chi connectivity index (χ0v) is 17.7. The van der Waals surface area contributed by atoms with Crippen molar-refractivity contribution in [1.82, 2.24) is 23.8 Å². The van der Waals surface area contributed by atoms with Crippen LogP contribution in [0.2, 0.25) is 0 Å². The smallest absolute Gasteiger partial charge is 0.322 e. The summed E-state index contributed by atoms with van der Waals surface area (Å²) in [6.45, 7) is 3.52. The normalized spacial score (nSPS) is 11.4. The number of nitrogens with zero attached hydrogens (tertiary/aromatic N) is 5. The standard InChI is InChI=1S/C23H18F2N6O2/c1-13-3-4-14(2)16(9-13)18-11-20-22-28-31(23(33)29(22)7-8-30(20)27-18)12-21(32)26-19-10-15(24)5-6-17(19)25/h3-11H,12H2,1-2H3,(H,26,32). The summed E-state index contributed by atoms with van der Waals surface area (Å²) >= 11 is 0. The molecule has 0 unspecified atom stereocenters. The highest BCUT2D eigenvalue weighted by Gasteiger charge is 2.17. The van der Waals surface area contributed by atoms with Gasteiger partial charge >= 0.3 is 5.69 Å². The Kier molecular flexibility index (Phi) is 4.77. The molecule has 1 amide bonds. The van der Waals surface area contributed by atoms with Crippen LogP contribution in [0.4, 0.5) is 14.5 Å². The Morgan fingerprint density at radius 3 is 2.67 bits per heavy atom. The second-order valence-electron chi connectivity index (χ2n) is 7.78. The molecule has 0 spiro atoms. The minimum atomic E-state index is -0.785. The average molecular weight is 448 g/mol. The maximum atomic E-state index is 13.8. The van der Waals surface area contributed by atoms with E-state index in [-0.39, 0.29) is 5.69 Å². The third-order valence-corrected chi connectivity index (χ3v) is 5.36. The molecule has 0 fully saturated rings. The van der Waals surface area contributed by atoms with Gasteiger partial charge in [-0.25, -0.2) is 27.2 Å². The van der Waals surface area contributed by atoms with Gasteiger partial charge in [0.05, 0.1) is 11.4 Å². The predicted octanol–water partition coefficient (Wildman–Crippen LogP) is 3.34. The van der Waals surface area contributed by atoms with Crippen LogP contribution in [-0.2, 0) is 11.3 Å². The van der Waals surface area contributed by atoms with Crippen LogP contribution < -0.4 is 11.0 Å². The molecule has 166 valence electrons. The zero-order chi connectivity index (χ0) is 23.3. The fraction of sp³-hybridized carbons (Fsp3) is 0.130. The first-order valence-corrected chi connectivity index (χ1v) is 10.1. The van der Waals surface area contributed by atoms with Crippen molar-refractivity contribution in [3.05, 3.63) is 88.1 Å². The highest BCUT2D eigenvalue weighted by Crippen LogP contribution is 2.25. The summed E-state index contributed by atoms with van der Waals surface area (Å²) in [4.78, 5) is 25.1. The monoisotopic (exact) mass is 448 g/mol. The summed E-state index contributed by atoms with van der Waals surface area (Å²) in [6.07, 6.45) is 3.14. The molecule has 10 heteroatoms. The van der Waals surface area contributed by atoms with E-state index >= 15 is 0 Å². The Labute approximate surface area is 185 Å². The predicted molar refractivity (Wildman–Crippen MR) is 118 cm³/mol. The van der Waals surface area contributed by atoms with E-state index in [4.69, 9.17) is 0 Å². The lowest BCUT2D eigenvalue weighted by Crippen LogP contribution is -2.28. The van der Waals surface area contributed by atoms with Crippen molar-refractivity contribution in [1.29, 1.82) is 0 Å². The molecular weight excluding hydrogens is 430 g/mol. The number of hydrogen-bond acceptors (Lipinski definition) is 4. The molecule has 5 rings (SSSR count). The molecule has 0 aliphatic rings. The van der Waals surface area contributed by atoms with Crippen LogP contribution in [-0.4, -0.2) is 29.7 Å². The molecule has 0 radical (unpaired) electrons. The summed E-state index contributed by atoms with van der Waals surface area (Å²) in [5.74, 6) is -2.20. The van der Waals surface area contributed by atoms with Gasteiger partial charge in [-0.3, -0.25) is 4.79 Å². The lowest BCUT2D eigenvalue weighted by Gasteiger charge is -2.05. The van der Waals surface area contributed by atoms with E-state index in [2.05, 4.69) is 15.5 Å². The van der Waals surface area contributed by atoms with Crippen LogP contribution in [0.25, 0.3) is 22.4 Å². The number of carbonyl (C=O) groups excluding carboxylic acids is 1. The van der Waals surface area contributed by atoms with Crippen LogP contribution in [0.5, 0.6) is 0 Å². The van der Waals surface area contributed by atoms with Gasteiger partial charge in [-0.05, 0) is 43.7 Å². The Balaban J connectivity index is 1.51. The second-order valence-corrected chi connectivity index (χ2v) is 7.78. The zero-order valence-electron chi connectivity index (χ0n) is 17.7. The van der Waals surface area contributed by atoms with Crippen molar-refractivity contribution >= 4 is 22.8 Å². The van der Waals surface area contributed by atoms with Gasteiger partial charge in [-0.15, -0.1) is 5.10 Å². The summed E-state index contributed by atoms with van der Waals surface area (Å²) in [5, 5.41) is 11.2. The lowest BCUT2D eigenvalue weighted by atomic mass is 10.0. The summed E-state index contributed by atoms with van der Waals surface area (Å²) in [6, 6.07) is 10.6. The molecule has 0 bridgehead atoms. The number of aryl methyl sites for hydroxylation is 2. The summed E-state index contributed by atoms with van der Waals surface area (Å²) < 4.78 is 31.0. The van der Waals surface area contributed by atoms with Crippen molar-refractivity contribution in [3.63, 3.8) is 0 Å². The topological polar surface area (TPSA) is 85.7 Å². The first-order chi connectivity index (χ1) is 15.8. The number of anilines is 1. The van der Waals surface area contributed by atoms with Crippen molar-refractivity contribution in [2.45, 2.75) is 20.4 Å². The molecular formula is C23H18F2N6O2. The molecule has 5 aromatic rings. The SMILES string of the molecule is Cc1ccc(C)c(-c2cc3c4nn(CC(=O)Nc5cc(F)ccc5F)c(=O)n4ccn3n2)c1. The number of hydrogen-bond donors (Lipinski definition) is 1. The maximum Gasteiger partial charge on any atom is 0.350 e. The van der Waals surface area contributed by atoms with E-state index < -0.39 is 29.8 Å². The van der Waals surface area contributed by atoms with Gasteiger partial charge < -0.3 is 5.32 Å². The molecule has 1 N–H and O–H groups in total. The van der Waals surface area contributed by atoms with Crippen molar-refractivity contribution in [3.8, 4) is 11.3 Å². The van der Waals surface area contributed by atoms with Crippen LogP contribution >= 0.6 is 0 Å². The van der Waals surface area contributed by atoms with Gasteiger partial charge in [0.25, 0.3) is 0 Å². The van der Waals surface area contributed by atoms with Crippen LogP contribution in [0.3, 0.4) is 0 Å². The van der Waals surface area contributed by atoms with Gasteiger partial charge in [-0.1, -0.05) is 17.7 Å². The molecule has 8 nitrogen and oxygen atoms in total. The number of carbonyl (C=O) groups is 1. The number of aromatic nitrogens is 5. The van der Waals surface area contributed by atoms with Gasteiger partial charge in [0, 0.05) is 24.0 Å². The highest BCUT2D eigenvalue weighted by atomic mass is 19.1. The Hall–Kier alpha value is -4.34. The number of rotatable bonds is 4. The molecule has 33 heavy (non-hydrogen) atoms. The highest BCUT2D eigenvalue weighted by molar-refractivity contribution is 5.90. The minimum absolute atomic E-state index is 0.312. The molecule has 3 heterocycles. The summed E-state index contributed by atoms with van der Waals surface area (Å²) in [5.41, 5.74) is 3.89. The largest absolute Gasteiger partial charge is 0.350 e. The van der Waals surface area contributed by atoms with E-state index in [9.17, 15) is 18.4 Å². The Morgan fingerprint density at radius 2 is 1.85 bits per heavy atom. The molecule has 0 atom stereocenters. The Morgan fingerprint density at radius 1 is 1.03 bits per heavy atom. The molecule has 3 aromatic heterocycles. The van der Waals surface area contributed by atoms with Crippen LogP contribution in [0.15, 0.2) is 59.7 Å². The van der Waals surface area contributed by atoms with Gasteiger partial charge in [-0.2, -0.15) is 5.10 Å². The Bertz CT molecular complexity index is 1620. The molecule has 0 aliphatic heterocycles. The fourth-order valence-corrected chi connectivity index (χ4v) is 3.70. The number of amides is 1. The van der Waals surface area contributed by atoms with Gasteiger partial charge in [0.15, 0.2) is 5.65 Å². The van der Waals surface area contributed by atoms with E-state index in [1.54, 1.807) is 10.7 Å². The molecule has 0 saturated carbocycles. The number of halogens is 2. The van der Waals surface area contributed by atoms with E-state index in [1.165, 1.54) is 10.6 Å². The number of fused-ring (bicyclic) bond motifs is 3.